The Morgan fingerprint density at radius 1 is 1.21 bits per heavy atom. The van der Waals surface area contributed by atoms with Gasteiger partial charge in [-0.2, -0.15) is 0 Å². The molecule has 2 aromatic rings. The minimum Gasteiger partial charge on any atom is -0.496 e. The van der Waals surface area contributed by atoms with E-state index in [2.05, 4.69) is 12.2 Å². The number of benzene rings is 1. The van der Waals surface area contributed by atoms with Crippen LogP contribution in [0.4, 0.5) is 5.69 Å². The van der Waals surface area contributed by atoms with Gasteiger partial charge >= 0.3 is 0 Å². The molecule has 1 aromatic carbocycles. The van der Waals surface area contributed by atoms with Gasteiger partial charge in [0.2, 0.25) is 5.56 Å². The summed E-state index contributed by atoms with van der Waals surface area (Å²) in [5.74, 6) is 0.854. The topological polar surface area (TPSA) is 43.3 Å². The van der Waals surface area contributed by atoms with E-state index in [1.54, 1.807) is 37.1 Å². The summed E-state index contributed by atoms with van der Waals surface area (Å²) in [6.45, 7) is 2.06. The van der Waals surface area contributed by atoms with Crippen molar-refractivity contribution < 1.29 is 4.74 Å². The number of anilines is 1. The molecule has 0 fully saturated rings. The summed E-state index contributed by atoms with van der Waals surface area (Å²) in [7, 11) is 3.40. The first kappa shape index (κ1) is 13.2. The molecule has 0 amide bonds. The first-order valence-corrected chi connectivity index (χ1v) is 6.18. The Balaban J connectivity index is 2.22. The van der Waals surface area contributed by atoms with Gasteiger partial charge in [-0.3, -0.25) is 4.79 Å². The number of aromatic nitrogens is 1. The zero-order valence-electron chi connectivity index (χ0n) is 11.4. The zero-order valence-corrected chi connectivity index (χ0v) is 11.4. The lowest BCUT2D eigenvalue weighted by atomic mass is 10.1. The van der Waals surface area contributed by atoms with Gasteiger partial charge in [-0.1, -0.05) is 18.2 Å². The molecule has 100 valence electrons. The molecule has 4 nitrogen and oxygen atoms in total. The molecule has 1 atom stereocenters. The van der Waals surface area contributed by atoms with Crippen molar-refractivity contribution in [2.75, 3.05) is 12.4 Å². The maximum atomic E-state index is 11.3. The molecular weight excluding hydrogens is 240 g/mol. The fourth-order valence-corrected chi connectivity index (χ4v) is 2.03. The van der Waals surface area contributed by atoms with Crippen LogP contribution in [-0.2, 0) is 7.05 Å². The van der Waals surface area contributed by atoms with Gasteiger partial charge in [-0.25, -0.2) is 0 Å². The first-order chi connectivity index (χ1) is 9.11. The number of rotatable bonds is 4. The molecule has 0 aliphatic rings. The van der Waals surface area contributed by atoms with E-state index in [-0.39, 0.29) is 11.6 Å². The second-order valence-electron chi connectivity index (χ2n) is 4.47. The summed E-state index contributed by atoms with van der Waals surface area (Å²) in [5.41, 5.74) is 1.97. The average molecular weight is 258 g/mol. The van der Waals surface area contributed by atoms with Gasteiger partial charge in [0.25, 0.3) is 0 Å². The molecule has 1 heterocycles. The van der Waals surface area contributed by atoms with E-state index in [9.17, 15) is 4.79 Å². The van der Waals surface area contributed by atoms with E-state index < -0.39 is 0 Å². The highest BCUT2D eigenvalue weighted by Crippen LogP contribution is 2.26. The van der Waals surface area contributed by atoms with Crippen LogP contribution in [0.25, 0.3) is 0 Å². The minimum absolute atomic E-state index is 0.0181. The molecule has 1 N–H and O–H groups in total. The number of ether oxygens (including phenoxy) is 1. The number of para-hydroxylation sites is 1. The third-order valence-electron chi connectivity index (χ3n) is 3.07. The van der Waals surface area contributed by atoms with Gasteiger partial charge in [0.1, 0.15) is 5.75 Å². The van der Waals surface area contributed by atoms with E-state index in [4.69, 9.17) is 4.74 Å². The number of methoxy groups -OCH3 is 1. The minimum atomic E-state index is -0.0181. The van der Waals surface area contributed by atoms with E-state index in [0.717, 1.165) is 17.0 Å². The molecule has 0 spiro atoms. The zero-order chi connectivity index (χ0) is 13.8. The third kappa shape index (κ3) is 2.96. The van der Waals surface area contributed by atoms with Crippen LogP contribution in [0.3, 0.4) is 0 Å². The molecule has 0 bridgehead atoms. The Bertz CT molecular complexity index is 620. The first-order valence-electron chi connectivity index (χ1n) is 6.18. The summed E-state index contributed by atoms with van der Waals surface area (Å²) >= 11 is 0. The summed E-state index contributed by atoms with van der Waals surface area (Å²) in [6, 6.07) is 11.3. The molecule has 0 saturated carbocycles. The van der Waals surface area contributed by atoms with Crippen molar-refractivity contribution in [1.82, 2.24) is 4.57 Å². The number of nitrogens with one attached hydrogen (secondary N) is 1. The summed E-state index contributed by atoms with van der Waals surface area (Å²) in [6.07, 6.45) is 1.79. The van der Waals surface area contributed by atoms with Gasteiger partial charge in [-0.05, 0) is 19.1 Å². The lowest BCUT2D eigenvalue weighted by Gasteiger charge is -2.18. The maximum absolute atomic E-state index is 11.3. The van der Waals surface area contributed by atoms with Crippen molar-refractivity contribution in [2.24, 2.45) is 7.05 Å². The van der Waals surface area contributed by atoms with Gasteiger partial charge in [0.05, 0.1) is 18.8 Å². The highest BCUT2D eigenvalue weighted by molar-refractivity contribution is 5.46. The van der Waals surface area contributed by atoms with Gasteiger partial charge in [-0.15, -0.1) is 0 Å². The van der Waals surface area contributed by atoms with Crippen LogP contribution in [0, 0.1) is 0 Å². The fraction of sp³-hybridized carbons (Fsp3) is 0.267. The van der Waals surface area contributed by atoms with Crippen LogP contribution in [0.5, 0.6) is 5.75 Å². The van der Waals surface area contributed by atoms with Crippen LogP contribution in [0.1, 0.15) is 18.5 Å². The number of aryl methyl sites for hydroxylation is 1. The maximum Gasteiger partial charge on any atom is 0.250 e. The summed E-state index contributed by atoms with van der Waals surface area (Å²) in [4.78, 5) is 11.3. The normalized spacial score (nSPS) is 11.9. The Hall–Kier alpha value is -2.23. The second kappa shape index (κ2) is 5.61. The van der Waals surface area contributed by atoms with Crippen molar-refractivity contribution >= 4 is 5.69 Å². The number of hydrogen-bond donors (Lipinski definition) is 1. The SMILES string of the molecule is COc1ccccc1C(C)Nc1ccc(=O)n(C)c1. The van der Waals surface area contributed by atoms with Gasteiger partial charge in [0, 0.05) is 24.9 Å². The Kier molecular flexibility index (Phi) is 3.90. The van der Waals surface area contributed by atoms with Crippen molar-refractivity contribution in [3.8, 4) is 5.75 Å². The van der Waals surface area contributed by atoms with Crippen LogP contribution in [0.2, 0.25) is 0 Å². The van der Waals surface area contributed by atoms with E-state index in [1.807, 2.05) is 24.3 Å². The van der Waals surface area contributed by atoms with Crippen LogP contribution in [-0.4, -0.2) is 11.7 Å². The van der Waals surface area contributed by atoms with E-state index in [1.165, 1.54) is 0 Å². The lowest BCUT2D eigenvalue weighted by molar-refractivity contribution is 0.408. The van der Waals surface area contributed by atoms with Gasteiger partial charge in [0.15, 0.2) is 0 Å². The molecule has 0 saturated heterocycles. The van der Waals surface area contributed by atoms with Gasteiger partial charge < -0.3 is 14.6 Å². The molecule has 1 aromatic heterocycles. The Labute approximate surface area is 112 Å². The predicted molar refractivity (Wildman–Crippen MR) is 76.7 cm³/mol. The van der Waals surface area contributed by atoms with Crippen molar-refractivity contribution in [3.63, 3.8) is 0 Å². The van der Waals surface area contributed by atoms with Crippen molar-refractivity contribution in [1.29, 1.82) is 0 Å². The number of hydrogen-bond acceptors (Lipinski definition) is 3. The molecule has 0 radical (unpaired) electrons. The molecule has 0 aliphatic heterocycles. The molecule has 19 heavy (non-hydrogen) atoms. The second-order valence-corrected chi connectivity index (χ2v) is 4.47. The largest absolute Gasteiger partial charge is 0.496 e. The van der Waals surface area contributed by atoms with Crippen LogP contribution < -0.4 is 15.6 Å². The molecule has 1 unspecified atom stereocenters. The van der Waals surface area contributed by atoms with E-state index in [0.29, 0.717) is 0 Å². The Morgan fingerprint density at radius 2 is 1.95 bits per heavy atom. The molecule has 4 heteroatoms. The van der Waals surface area contributed by atoms with Crippen molar-refractivity contribution in [2.45, 2.75) is 13.0 Å². The quantitative estimate of drug-likeness (QED) is 0.916. The monoisotopic (exact) mass is 258 g/mol. The lowest BCUT2D eigenvalue weighted by Crippen LogP contribution is -2.16. The smallest absolute Gasteiger partial charge is 0.250 e. The number of pyridine rings is 1. The number of nitrogens with zero attached hydrogens (tertiary/aromatic N) is 1. The predicted octanol–water partition coefficient (Wildman–Crippen LogP) is 2.57. The fourth-order valence-electron chi connectivity index (χ4n) is 2.03. The van der Waals surface area contributed by atoms with E-state index >= 15 is 0 Å². The highest BCUT2D eigenvalue weighted by atomic mass is 16.5. The molecule has 0 aliphatic carbocycles. The van der Waals surface area contributed by atoms with Crippen LogP contribution >= 0.6 is 0 Å². The summed E-state index contributed by atoms with van der Waals surface area (Å²) in [5, 5.41) is 3.36. The summed E-state index contributed by atoms with van der Waals surface area (Å²) < 4.78 is 6.90. The highest BCUT2D eigenvalue weighted by Gasteiger charge is 2.10. The van der Waals surface area contributed by atoms with Crippen LogP contribution in [0.15, 0.2) is 47.4 Å². The third-order valence-corrected chi connectivity index (χ3v) is 3.07. The average Bonchev–Trinajstić information content (AvgIpc) is 2.43. The Morgan fingerprint density at radius 3 is 2.63 bits per heavy atom. The molecular formula is C15H18N2O2. The standard InChI is InChI=1S/C15H18N2O2/c1-11(13-6-4-5-7-14(13)19-3)16-12-8-9-15(18)17(2)10-12/h4-11,16H,1-3H3. The molecule has 2 rings (SSSR count). The van der Waals surface area contributed by atoms with Crippen molar-refractivity contribution in [3.05, 3.63) is 58.5 Å².